The Balaban J connectivity index is -0.000000807. The van der Waals surface area contributed by atoms with Gasteiger partial charge in [-0.2, -0.15) is 0 Å². The standard InChI is InChI=1S/2C19H37NO3.Ca/c2*1-3-4-5-6-7-8-9-10-11-12-13-14-15-16-18(21)20(2)17-19(22)23;/h2*3-17H2,1-2H3,(H,22,23);/q;;+2/p-2. The average molecular weight is 693 g/mol. The minimum absolute atomic E-state index is 0. The summed E-state index contributed by atoms with van der Waals surface area (Å²) in [5.74, 6) is -2.60. The molecule has 8 nitrogen and oxygen atoms in total. The van der Waals surface area contributed by atoms with Crippen molar-refractivity contribution in [2.75, 3.05) is 27.2 Å². The number of hydrogen-bond acceptors (Lipinski definition) is 6. The molecule has 0 aromatic carbocycles. The summed E-state index contributed by atoms with van der Waals surface area (Å²) in [5.41, 5.74) is 0. The van der Waals surface area contributed by atoms with E-state index >= 15 is 0 Å². The summed E-state index contributed by atoms with van der Waals surface area (Å²) in [7, 11) is 3.03. The number of unbranched alkanes of at least 4 members (excludes halogenated alkanes) is 24. The van der Waals surface area contributed by atoms with Crippen molar-refractivity contribution in [2.45, 2.75) is 194 Å². The van der Waals surface area contributed by atoms with Crippen molar-refractivity contribution in [2.24, 2.45) is 0 Å². The van der Waals surface area contributed by atoms with Crippen LogP contribution in [0.5, 0.6) is 0 Å². The average Bonchev–Trinajstić information content (AvgIpc) is 3.01. The summed E-state index contributed by atoms with van der Waals surface area (Å²) < 4.78 is 0. The van der Waals surface area contributed by atoms with E-state index in [0.717, 1.165) is 25.7 Å². The number of carbonyl (C=O) groups excluding carboxylic acids is 4. The van der Waals surface area contributed by atoms with Gasteiger partial charge in [0.1, 0.15) is 0 Å². The van der Waals surface area contributed by atoms with E-state index < -0.39 is 11.9 Å². The predicted octanol–water partition coefficient (Wildman–Crippen LogP) is 6.97. The molecule has 0 fully saturated rings. The number of rotatable bonds is 32. The van der Waals surface area contributed by atoms with E-state index in [1.54, 1.807) is 0 Å². The molecule has 0 atom stereocenters. The molecule has 0 heterocycles. The minimum atomic E-state index is -1.20. The number of aliphatic carboxylic acids is 2. The minimum Gasteiger partial charge on any atom is -0.548 e. The molecule has 2 amide bonds. The molecule has 0 aliphatic heterocycles. The quantitative estimate of drug-likeness (QED) is 0.0555. The fourth-order valence-corrected chi connectivity index (χ4v) is 5.53. The zero-order valence-electron chi connectivity index (χ0n) is 31.3. The van der Waals surface area contributed by atoms with E-state index in [1.807, 2.05) is 0 Å². The molecule has 0 radical (unpaired) electrons. The monoisotopic (exact) mass is 693 g/mol. The Morgan fingerprint density at radius 1 is 0.383 bits per heavy atom. The molecule has 0 saturated heterocycles. The largest absolute Gasteiger partial charge is 2.00 e. The second-order valence-corrected chi connectivity index (χ2v) is 13.2. The van der Waals surface area contributed by atoms with Gasteiger partial charge < -0.3 is 29.6 Å². The maximum Gasteiger partial charge on any atom is 2.00 e. The van der Waals surface area contributed by atoms with E-state index in [1.165, 1.54) is 165 Å². The van der Waals surface area contributed by atoms with E-state index in [0.29, 0.717) is 12.8 Å². The molecule has 0 aromatic rings. The molecule has 0 saturated carbocycles. The third kappa shape index (κ3) is 41.2. The van der Waals surface area contributed by atoms with Crippen LogP contribution in [0.25, 0.3) is 0 Å². The maximum atomic E-state index is 11.6. The van der Waals surface area contributed by atoms with E-state index in [9.17, 15) is 29.4 Å². The van der Waals surface area contributed by atoms with Crippen LogP contribution in [0.1, 0.15) is 194 Å². The van der Waals surface area contributed by atoms with Crippen molar-refractivity contribution in [1.82, 2.24) is 9.80 Å². The van der Waals surface area contributed by atoms with Gasteiger partial charge in [-0.3, -0.25) is 9.59 Å². The van der Waals surface area contributed by atoms with Gasteiger partial charge in [0, 0.05) is 26.9 Å². The number of nitrogens with zero attached hydrogens (tertiary/aromatic N) is 2. The molecule has 0 aromatic heterocycles. The molecule has 0 unspecified atom stereocenters. The predicted molar refractivity (Wildman–Crippen MR) is 192 cm³/mol. The van der Waals surface area contributed by atoms with Gasteiger partial charge in [0.2, 0.25) is 11.8 Å². The summed E-state index contributed by atoms with van der Waals surface area (Å²) in [4.78, 5) is 46.5. The summed E-state index contributed by atoms with van der Waals surface area (Å²) in [6.45, 7) is 3.89. The number of carboxylic acid groups (broad SMARTS) is 2. The van der Waals surface area contributed by atoms with Crippen molar-refractivity contribution in [1.29, 1.82) is 0 Å². The van der Waals surface area contributed by atoms with Gasteiger partial charge in [0.05, 0.1) is 25.0 Å². The Kier molecular flexibility index (Phi) is 42.5. The number of carbonyl (C=O) groups is 4. The molecule has 0 rings (SSSR count). The van der Waals surface area contributed by atoms with Crippen LogP contribution in [0.15, 0.2) is 0 Å². The Morgan fingerprint density at radius 3 is 0.766 bits per heavy atom. The molecule has 47 heavy (non-hydrogen) atoms. The third-order valence-corrected chi connectivity index (χ3v) is 8.57. The molecule has 9 heteroatoms. The smallest absolute Gasteiger partial charge is 0.548 e. The van der Waals surface area contributed by atoms with Crippen LogP contribution in [0, 0.1) is 0 Å². The van der Waals surface area contributed by atoms with Gasteiger partial charge in [0.15, 0.2) is 0 Å². The fourth-order valence-electron chi connectivity index (χ4n) is 5.53. The number of amides is 2. The third-order valence-electron chi connectivity index (χ3n) is 8.57. The van der Waals surface area contributed by atoms with E-state index in [-0.39, 0.29) is 62.6 Å². The van der Waals surface area contributed by atoms with Crippen molar-refractivity contribution >= 4 is 61.5 Å². The zero-order valence-corrected chi connectivity index (χ0v) is 33.5. The molecule has 0 N–H and O–H groups in total. The van der Waals surface area contributed by atoms with Crippen LogP contribution in [0.3, 0.4) is 0 Å². The van der Waals surface area contributed by atoms with Crippen molar-refractivity contribution in [3.05, 3.63) is 0 Å². The Hall–Kier alpha value is -0.860. The molecule has 0 aliphatic rings. The van der Waals surface area contributed by atoms with E-state index in [2.05, 4.69) is 13.8 Å². The first-order chi connectivity index (χ1) is 22.1. The van der Waals surface area contributed by atoms with Crippen LogP contribution >= 0.6 is 0 Å². The zero-order chi connectivity index (χ0) is 34.7. The van der Waals surface area contributed by atoms with Gasteiger partial charge >= 0.3 is 37.7 Å². The number of likely N-dealkylation sites (N-methyl/N-ethyl adjacent to an activating group) is 2. The van der Waals surface area contributed by atoms with Gasteiger partial charge in [-0.25, -0.2) is 0 Å². The summed E-state index contributed by atoms with van der Waals surface area (Å²) >= 11 is 0. The Morgan fingerprint density at radius 2 is 0.574 bits per heavy atom. The fraction of sp³-hybridized carbons (Fsp3) is 0.895. The summed E-state index contributed by atoms with van der Waals surface area (Å²) in [5, 5.41) is 20.8. The molecule has 0 spiro atoms. The van der Waals surface area contributed by atoms with Crippen molar-refractivity contribution in [3.63, 3.8) is 0 Å². The van der Waals surface area contributed by atoms with Crippen LogP contribution in [0.4, 0.5) is 0 Å². The van der Waals surface area contributed by atoms with Crippen molar-refractivity contribution < 1.29 is 29.4 Å². The SMILES string of the molecule is CCCCCCCCCCCCCCCC(=O)N(C)CC(=O)[O-].CCCCCCCCCCCCCCCC(=O)N(C)CC(=O)[O-].[Ca+2]. The normalized spacial score (nSPS) is 10.5. The first-order valence-electron chi connectivity index (χ1n) is 19.0. The van der Waals surface area contributed by atoms with Gasteiger partial charge in [-0.15, -0.1) is 0 Å². The molecule has 0 bridgehead atoms. The number of carboxylic acids is 2. The summed E-state index contributed by atoms with van der Waals surface area (Å²) in [6, 6.07) is 0. The topological polar surface area (TPSA) is 121 Å². The summed E-state index contributed by atoms with van der Waals surface area (Å²) in [6.07, 6.45) is 34.1. The molecular formula is C38H72CaN2O6. The first kappa shape index (κ1) is 50.5. The second kappa shape index (κ2) is 39.6. The number of hydrogen-bond donors (Lipinski definition) is 0. The van der Waals surface area contributed by atoms with Gasteiger partial charge in [0.25, 0.3) is 0 Å². The van der Waals surface area contributed by atoms with Gasteiger partial charge in [-0.1, -0.05) is 168 Å². The molecule has 272 valence electrons. The van der Waals surface area contributed by atoms with E-state index in [4.69, 9.17) is 0 Å². The Bertz CT molecular complexity index is 677. The van der Waals surface area contributed by atoms with Crippen LogP contribution < -0.4 is 10.2 Å². The van der Waals surface area contributed by atoms with Crippen LogP contribution in [-0.4, -0.2) is 98.5 Å². The molecular weight excluding hydrogens is 621 g/mol. The molecule has 0 aliphatic carbocycles. The van der Waals surface area contributed by atoms with Crippen molar-refractivity contribution in [3.8, 4) is 0 Å². The van der Waals surface area contributed by atoms with Crippen LogP contribution in [-0.2, 0) is 19.2 Å². The first-order valence-corrected chi connectivity index (χ1v) is 19.0. The maximum absolute atomic E-state index is 11.6. The second-order valence-electron chi connectivity index (χ2n) is 13.2. The van der Waals surface area contributed by atoms with Crippen LogP contribution in [0.2, 0.25) is 0 Å². The van der Waals surface area contributed by atoms with Gasteiger partial charge in [-0.05, 0) is 12.8 Å². The Labute approximate surface area is 319 Å².